The first kappa shape index (κ1) is 15.1. The molecule has 6 nitrogen and oxygen atoms in total. The van der Waals surface area contributed by atoms with Crippen LogP contribution in [-0.4, -0.2) is 45.3 Å². The molecule has 6 heteroatoms. The van der Waals surface area contributed by atoms with Gasteiger partial charge in [-0.05, 0) is 17.7 Å². The molecule has 0 spiro atoms. The van der Waals surface area contributed by atoms with Crippen LogP contribution in [0.15, 0.2) is 18.2 Å². The van der Waals surface area contributed by atoms with Gasteiger partial charge in [0.15, 0.2) is 0 Å². The van der Waals surface area contributed by atoms with Gasteiger partial charge in [0.25, 0.3) is 0 Å². The van der Waals surface area contributed by atoms with Crippen LogP contribution in [0.5, 0.6) is 11.5 Å². The highest BCUT2D eigenvalue weighted by Crippen LogP contribution is 2.22. The molecule has 0 aliphatic rings. The molecule has 0 fully saturated rings. The number of amides is 1. The number of hydrogen-bond donors (Lipinski definition) is 1. The summed E-state index contributed by atoms with van der Waals surface area (Å²) in [7, 11) is 4.78. The van der Waals surface area contributed by atoms with Gasteiger partial charge in [0.1, 0.15) is 18.1 Å². The van der Waals surface area contributed by atoms with Crippen LogP contribution in [0.4, 0.5) is 4.79 Å². The third kappa shape index (κ3) is 4.67. The zero-order valence-electron chi connectivity index (χ0n) is 11.5. The van der Waals surface area contributed by atoms with Crippen LogP contribution in [0.2, 0.25) is 0 Å². The Labute approximate surface area is 113 Å². The Hall–Kier alpha value is -1.95. The van der Waals surface area contributed by atoms with E-state index in [1.165, 1.54) is 4.90 Å². The molecule has 0 aromatic heterocycles. The molecule has 1 amide bonds. The summed E-state index contributed by atoms with van der Waals surface area (Å²) in [5.41, 5.74) is 6.16. The Balaban J connectivity index is 2.64. The summed E-state index contributed by atoms with van der Waals surface area (Å²) in [5.74, 6) is 1.31. The maximum atomic E-state index is 11.6. The summed E-state index contributed by atoms with van der Waals surface area (Å²) < 4.78 is 15.4. The van der Waals surface area contributed by atoms with Crippen LogP contribution in [0.1, 0.15) is 5.56 Å². The first-order chi connectivity index (χ1) is 9.10. The molecule has 2 N–H and O–H groups in total. The average molecular weight is 268 g/mol. The zero-order valence-corrected chi connectivity index (χ0v) is 11.5. The van der Waals surface area contributed by atoms with Gasteiger partial charge in [-0.1, -0.05) is 0 Å². The lowest BCUT2D eigenvalue weighted by Gasteiger charge is -2.16. The van der Waals surface area contributed by atoms with Gasteiger partial charge in [-0.2, -0.15) is 0 Å². The molecule has 0 saturated heterocycles. The second-order valence-electron chi connectivity index (χ2n) is 3.99. The van der Waals surface area contributed by atoms with Gasteiger partial charge in [-0.25, -0.2) is 4.79 Å². The van der Waals surface area contributed by atoms with Crippen molar-refractivity contribution in [3.63, 3.8) is 0 Å². The van der Waals surface area contributed by atoms with Gasteiger partial charge in [0.05, 0.1) is 14.2 Å². The minimum atomic E-state index is -0.410. The number of nitrogens with two attached hydrogens (primary N) is 1. The molecule has 19 heavy (non-hydrogen) atoms. The summed E-state index contributed by atoms with van der Waals surface area (Å²) >= 11 is 0. The Morgan fingerprint density at radius 3 is 2.26 bits per heavy atom. The van der Waals surface area contributed by atoms with Crippen molar-refractivity contribution in [2.45, 2.75) is 6.61 Å². The second-order valence-corrected chi connectivity index (χ2v) is 3.99. The van der Waals surface area contributed by atoms with Crippen molar-refractivity contribution in [3.8, 4) is 11.5 Å². The summed E-state index contributed by atoms with van der Waals surface area (Å²) in [6.07, 6.45) is -0.410. The van der Waals surface area contributed by atoms with Crippen LogP contribution in [-0.2, 0) is 11.3 Å². The smallest absolute Gasteiger partial charge is 0.409 e. The topological polar surface area (TPSA) is 74.0 Å². The van der Waals surface area contributed by atoms with E-state index < -0.39 is 6.09 Å². The Morgan fingerprint density at radius 1 is 1.21 bits per heavy atom. The van der Waals surface area contributed by atoms with Crippen molar-refractivity contribution in [1.29, 1.82) is 0 Å². The highest BCUT2D eigenvalue weighted by molar-refractivity contribution is 5.67. The van der Waals surface area contributed by atoms with Crippen LogP contribution < -0.4 is 15.2 Å². The first-order valence-electron chi connectivity index (χ1n) is 5.90. The summed E-state index contributed by atoms with van der Waals surface area (Å²) in [4.78, 5) is 13.0. The number of nitrogens with zero attached hydrogens (tertiary/aromatic N) is 1. The molecule has 0 bridgehead atoms. The number of rotatable bonds is 6. The third-order valence-corrected chi connectivity index (χ3v) is 2.55. The van der Waals surface area contributed by atoms with Crippen LogP contribution in [0, 0.1) is 0 Å². The Bertz CT molecular complexity index is 401. The molecular weight excluding hydrogens is 248 g/mol. The van der Waals surface area contributed by atoms with E-state index in [9.17, 15) is 4.79 Å². The van der Waals surface area contributed by atoms with Crippen LogP contribution in [0.25, 0.3) is 0 Å². The summed E-state index contributed by atoms with van der Waals surface area (Å²) in [6.45, 7) is 1.01. The van der Waals surface area contributed by atoms with E-state index in [0.29, 0.717) is 24.6 Å². The Kier molecular flexibility index (Phi) is 5.95. The molecule has 1 rings (SSSR count). The molecule has 0 radical (unpaired) electrons. The Morgan fingerprint density at radius 2 is 1.79 bits per heavy atom. The quantitative estimate of drug-likeness (QED) is 0.840. The van der Waals surface area contributed by atoms with Gasteiger partial charge in [0.2, 0.25) is 0 Å². The predicted octanol–water partition coefficient (Wildman–Crippen LogP) is 1.23. The maximum Gasteiger partial charge on any atom is 0.409 e. The fraction of sp³-hybridized carbons (Fsp3) is 0.462. The summed E-state index contributed by atoms with van der Waals surface area (Å²) in [5, 5.41) is 0. The van der Waals surface area contributed by atoms with Crippen molar-refractivity contribution in [2.75, 3.05) is 34.4 Å². The van der Waals surface area contributed by atoms with E-state index in [2.05, 4.69) is 0 Å². The normalized spacial score (nSPS) is 9.89. The van der Waals surface area contributed by atoms with Gasteiger partial charge in [-0.15, -0.1) is 0 Å². The molecule has 0 heterocycles. The molecule has 1 aromatic carbocycles. The lowest BCUT2D eigenvalue weighted by Crippen LogP contribution is -2.32. The SMILES string of the molecule is COc1cc(COC(=O)N(C)CCN)cc(OC)c1. The molecule has 0 aliphatic heterocycles. The van der Waals surface area contributed by atoms with Gasteiger partial charge in [-0.3, -0.25) is 0 Å². The van der Waals surface area contributed by atoms with E-state index in [4.69, 9.17) is 19.9 Å². The van der Waals surface area contributed by atoms with Crippen molar-refractivity contribution >= 4 is 6.09 Å². The fourth-order valence-corrected chi connectivity index (χ4v) is 1.49. The van der Waals surface area contributed by atoms with Crippen molar-refractivity contribution in [2.24, 2.45) is 5.73 Å². The number of carbonyl (C=O) groups excluding carboxylic acids is 1. The highest BCUT2D eigenvalue weighted by atomic mass is 16.6. The minimum Gasteiger partial charge on any atom is -0.497 e. The summed E-state index contributed by atoms with van der Waals surface area (Å²) in [6, 6.07) is 5.34. The molecule has 0 saturated carbocycles. The van der Waals surface area contributed by atoms with Crippen molar-refractivity contribution < 1.29 is 19.0 Å². The molecule has 0 aliphatic carbocycles. The second kappa shape index (κ2) is 7.48. The van der Waals surface area contributed by atoms with E-state index >= 15 is 0 Å². The van der Waals surface area contributed by atoms with Crippen molar-refractivity contribution in [1.82, 2.24) is 4.90 Å². The molecule has 1 aromatic rings. The van der Waals surface area contributed by atoms with E-state index in [0.717, 1.165) is 5.56 Å². The number of methoxy groups -OCH3 is 2. The van der Waals surface area contributed by atoms with Gasteiger partial charge < -0.3 is 24.8 Å². The number of ether oxygens (including phenoxy) is 3. The zero-order chi connectivity index (χ0) is 14.3. The lowest BCUT2D eigenvalue weighted by molar-refractivity contribution is 0.105. The fourth-order valence-electron chi connectivity index (χ4n) is 1.49. The predicted molar refractivity (Wildman–Crippen MR) is 71.4 cm³/mol. The monoisotopic (exact) mass is 268 g/mol. The largest absolute Gasteiger partial charge is 0.497 e. The average Bonchev–Trinajstić information content (AvgIpc) is 2.44. The number of carbonyl (C=O) groups is 1. The molecule has 0 unspecified atom stereocenters. The first-order valence-corrected chi connectivity index (χ1v) is 5.90. The maximum absolute atomic E-state index is 11.6. The standard InChI is InChI=1S/C13H20N2O4/c1-15(5-4-14)13(16)19-9-10-6-11(17-2)8-12(7-10)18-3/h6-8H,4-5,9,14H2,1-3H3. The highest BCUT2D eigenvalue weighted by Gasteiger charge is 2.10. The van der Waals surface area contributed by atoms with E-state index in [1.807, 2.05) is 0 Å². The van der Waals surface area contributed by atoms with E-state index in [-0.39, 0.29) is 6.61 Å². The minimum absolute atomic E-state index is 0.154. The van der Waals surface area contributed by atoms with E-state index in [1.54, 1.807) is 39.5 Å². The number of likely N-dealkylation sites (N-methyl/N-ethyl adjacent to an activating group) is 1. The van der Waals surface area contributed by atoms with Gasteiger partial charge >= 0.3 is 6.09 Å². The molecular formula is C13H20N2O4. The van der Waals surface area contributed by atoms with Crippen LogP contribution in [0.3, 0.4) is 0 Å². The number of benzene rings is 1. The van der Waals surface area contributed by atoms with Gasteiger partial charge in [0, 0.05) is 26.2 Å². The number of hydrogen-bond acceptors (Lipinski definition) is 5. The lowest BCUT2D eigenvalue weighted by atomic mass is 10.2. The van der Waals surface area contributed by atoms with Crippen LogP contribution >= 0.6 is 0 Å². The molecule has 0 atom stereocenters. The molecule has 106 valence electrons. The van der Waals surface area contributed by atoms with Crippen molar-refractivity contribution in [3.05, 3.63) is 23.8 Å². The third-order valence-electron chi connectivity index (χ3n) is 2.55.